The molecule has 1 aliphatic heterocycles. The lowest BCUT2D eigenvalue weighted by Crippen LogP contribution is -2.40. The van der Waals surface area contributed by atoms with Gasteiger partial charge in [0.05, 0.1) is 6.10 Å². The monoisotopic (exact) mass is 170 g/mol. The first kappa shape index (κ1) is 9.59. The van der Waals surface area contributed by atoms with Gasteiger partial charge in [0.1, 0.15) is 18.5 Å². The summed E-state index contributed by atoms with van der Waals surface area (Å²) in [5.41, 5.74) is 0.0752. The molecule has 1 saturated heterocycles. The normalized spacial score (nSPS) is 31.5. The number of hydrogen-bond donors (Lipinski definition) is 0. The standard InChI is InChI=1S/C10H18O2/c1-7-6-11-8(2)9(12-7)10(3,4)5/h7,9H,2,6H2,1,3-5H3. The van der Waals surface area contributed by atoms with Crippen molar-refractivity contribution in [3.63, 3.8) is 0 Å². The van der Waals surface area contributed by atoms with Gasteiger partial charge in [0.15, 0.2) is 0 Å². The van der Waals surface area contributed by atoms with Crippen LogP contribution in [0.25, 0.3) is 0 Å². The van der Waals surface area contributed by atoms with E-state index in [1.807, 2.05) is 6.92 Å². The maximum Gasteiger partial charge on any atom is 0.119 e. The molecule has 12 heavy (non-hydrogen) atoms. The van der Waals surface area contributed by atoms with Crippen LogP contribution in [0.1, 0.15) is 27.7 Å². The molecule has 0 N–H and O–H groups in total. The van der Waals surface area contributed by atoms with Gasteiger partial charge in [0, 0.05) is 0 Å². The quantitative estimate of drug-likeness (QED) is 0.555. The summed E-state index contributed by atoms with van der Waals surface area (Å²) in [7, 11) is 0. The summed E-state index contributed by atoms with van der Waals surface area (Å²) in [6, 6.07) is 0. The van der Waals surface area contributed by atoms with E-state index in [2.05, 4.69) is 27.4 Å². The third-order valence-electron chi connectivity index (χ3n) is 1.95. The average Bonchev–Trinajstić information content (AvgIpc) is 1.92. The fourth-order valence-corrected chi connectivity index (χ4v) is 1.33. The third kappa shape index (κ3) is 2.01. The number of ether oxygens (including phenoxy) is 2. The molecule has 1 fully saturated rings. The smallest absolute Gasteiger partial charge is 0.119 e. The van der Waals surface area contributed by atoms with Crippen molar-refractivity contribution in [1.82, 2.24) is 0 Å². The van der Waals surface area contributed by atoms with Crippen LogP contribution < -0.4 is 0 Å². The van der Waals surface area contributed by atoms with Gasteiger partial charge in [0.25, 0.3) is 0 Å². The van der Waals surface area contributed by atoms with Gasteiger partial charge in [-0.25, -0.2) is 0 Å². The van der Waals surface area contributed by atoms with E-state index in [1.54, 1.807) is 0 Å². The molecule has 0 spiro atoms. The van der Waals surface area contributed by atoms with E-state index in [-0.39, 0.29) is 17.6 Å². The van der Waals surface area contributed by atoms with Crippen LogP contribution >= 0.6 is 0 Å². The fourth-order valence-electron chi connectivity index (χ4n) is 1.33. The molecule has 2 atom stereocenters. The number of hydrogen-bond acceptors (Lipinski definition) is 2. The Hall–Kier alpha value is -0.500. The molecule has 0 saturated carbocycles. The zero-order chi connectivity index (χ0) is 9.35. The maximum atomic E-state index is 5.74. The molecule has 2 heteroatoms. The van der Waals surface area contributed by atoms with Crippen LogP contribution in [0.15, 0.2) is 12.3 Å². The highest BCUT2D eigenvalue weighted by Crippen LogP contribution is 2.31. The van der Waals surface area contributed by atoms with E-state index < -0.39 is 0 Å². The average molecular weight is 170 g/mol. The first-order valence-electron chi connectivity index (χ1n) is 4.38. The number of rotatable bonds is 0. The highest BCUT2D eigenvalue weighted by atomic mass is 16.6. The van der Waals surface area contributed by atoms with E-state index in [1.165, 1.54) is 0 Å². The summed E-state index contributed by atoms with van der Waals surface area (Å²) >= 11 is 0. The minimum Gasteiger partial charge on any atom is -0.493 e. The Bertz CT molecular complexity index is 179. The van der Waals surface area contributed by atoms with Crippen LogP contribution in [-0.2, 0) is 9.47 Å². The lowest BCUT2D eigenvalue weighted by molar-refractivity contribution is -0.126. The summed E-state index contributed by atoms with van der Waals surface area (Å²) in [5.74, 6) is 0.764. The summed E-state index contributed by atoms with van der Waals surface area (Å²) < 4.78 is 11.1. The molecule has 2 unspecified atom stereocenters. The van der Waals surface area contributed by atoms with Gasteiger partial charge < -0.3 is 9.47 Å². The summed E-state index contributed by atoms with van der Waals surface area (Å²) in [5, 5.41) is 0. The highest BCUT2D eigenvalue weighted by Gasteiger charge is 2.33. The molecule has 1 rings (SSSR count). The second-order valence-corrected chi connectivity index (χ2v) is 4.47. The molecule has 70 valence electrons. The van der Waals surface area contributed by atoms with E-state index in [4.69, 9.17) is 9.47 Å². The summed E-state index contributed by atoms with van der Waals surface area (Å²) in [4.78, 5) is 0. The van der Waals surface area contributed by atoms with Gasteiger partial charge in [-0.1, -0.05) is 27.4 Å². The Kier molecular flexibility index (Phi) is 2.47. The second-order valence-electron chi connectivity index (χ2n) is 4.47. The van der Waals surface area contributed by atoms with Gasteiger partial charge in [0.2, 0.25) is 0 Å². The minimum atomic E-state index is 0.0289. The summed E-state index contributed by atoms with van der Waals surface area (Å²) in [6.07, 6.45) is 0.209. The Morgan fingerprint density at radius 1 is 1.42 bits per heavy atom. The Balaban J connectivity index is 2.68. The molecular weight excluding hydrogens is 152 g/mol. The Morgan fingerprint density at radius 3 is 2.42 bits per heavy atom. The largest absolute Gasteiger partial charge is 0.493 e. The van der Waals surface area contributed by atoms with Crippen LogP contribution in [0.3, 0.4) is 0 Å². The molecule has 0 aromatic carbocycles. The van der Waals surface area contributed by atoms with E-state index in [9.17, 15) is 0 Å². The topological polar surface area (TPSA) is 18.5 Å². The lowest BCUT2D eigenvalue weighted by Gasteiger charge is -2.38. The molecular formula is C10H18O2. The molecule has 0 aromatic heterocycles. The third-order valence-corrected chi connectivity index (χ3v) is 1.95. The predicted octanol–water partition coefficient (Wildman–Crippen LogP) is 2.35. The van der Waals surface area contributed by atoms with Crippen molar-refractivity contribution in [2.24, 2.45) is 5.41 Å². The van der Waals surface area contributed by atoms with Crippen LogP contribution in [0.4, 0.5) is 0 Å². The molecule has 0 aliphatic carbocycles. The van der Waals surface area contributed by atoms with Crippen LogP contribution in [0, 0.1) is 5.41 Å². The van der Waals surface area contributed by atoms with Crippen molar-refractivity contribution in [1.29, 1.82) is 0 Å². The molecule has 2 nitrogen and oxygen atoms in total. The van der Waals surface area contributed by atoms with Crippen molar-refractivity contribution in [2.75, 3.05) is 6.61 Å². The summed E-state index contributed by atoms with van der Waals surface area (Å²) in [6.45, 7) is 12.9. The van der Waals surface area contributed by atoms with Gasteiger partial charge in [-0.05, 0) is 12.3 Å². The molecule has 1 heterocycles. The molecule has 0 radical (unpaired) electrons. The molecule has 1 aliphatic rings. The van der Waals surface area contributed by atoms with Crippen molar-refractivity contribution >= 4 is 0 Å². The van der Waals surface area contributed by atoms with Crippen molar-refractivity contribution < 1.29 is 9.47 Å². The minimum absolute atomic E-state index is 0.0289. The van der Waals surface area contributed by atoms with Crippen molar-refractivity contribution in [3.8, 4) is 0 Å². The van der Waals surface area contributed by atoms with Gasteiger partial charge in [-0.3, -0.25) is 0 Å². The first-order chi connectivity index (χ1) is 5.41. The Morgan fingerprint density at radius 2 is 2.00 bits per heavy atom. The predicted molar refractivity (Wildman–Crippen MR) is 48.9 cm³/mol. The van der Waals surface area contributed by atoms with Gasteiger partial charge in [-0.2, -0.15) is 0 Å². The molecule has 0 aromatic rings. The highest BCUT2D eigenvalue weighted by molar-refractivity contribution is 5.01. The van der Waals surface area contributed by atoms with E-state index >= 15 is 0 Å². The van der Waals surface area contributed by atoms with Crippen LogP contribution in [0.5, 0.6) is 0 Å². The van der Waals surface area contributed by atoms with Crippen molar-refractivity contribution in [3.05, 3.63) is 12.3 Å². The lowest BCUT2D eigenvalue weighted by atomic mass is 9.87. The van der Waals surface area contributed by atoms with E-state index in [0.29, 0.717) is 6.61 Å². The van der Waals surface area contributed by atoms with E-state index in [0.717, 1.165) is 5.76 Å². The zero-order valence-corrected chi connectivity index (χ0v) is 8.39. The first-order valence-corrected chi connectivity index (χ1v) is 4.38. The second kappa shape index (κ2) is 3.09. The molecule has 0 amide bonds. The SMILES string of the molecule is C=C1OCC(C)OC1C(C)(C)C. The van der Waals surface area contributed by atoms with Gasteiger partial charge in [-0.15, -0.1) is 0 Å². The maximum absolute atomic E-state index is 5.74. The zero-order valence-electron chi connectivity index (χ0n) is 8.39. The van der Waals surface area contributed by atoms with Crippen LogP contribution in [-0.4, -0.2) is 18.8 Å². The van der Waals surface area contributed by atoms with Crippen LogP contribution in [0.2, 0.25) is 0 Å². The fraction of sp³-hybridized carbons (Fsp3) is 0.800. The van der Waals surface area contributed by atoms with Crippen molar-refractivity contribution in [2.45, 2.75) is 39.9 Å². The molecule has 0 bridgehead atoms. The van der Waals surface area contributed by atoms with Gasteiger partial charge >= 0.3 is 0 Å². The Labute approximate surface area is 74.6 Å².